The number of hydrogen-bond acceptors (Lipinski definition) is 6. The van der Waals surface area contributed by atoms with Crippen molar-refractivity contribution in [1.82, 2.24) is 5.06 Å². The lowest BCUT2D eigenvalue weighted by atomic mass is 10.1. The molecule has 2 heterocycles. The maximum absolute atomic E-state index is 11.5. The standard InChI is InChI=1S/C12H13NO3.C5H6O3/c1-9-7-11(14)13(12(9)15)16-8-10-5-3-2-4-6-10;1-3-2-4(6)8-5(3)7/h2-6,9H,7-8H2,1H3;3H,2H2,1H3. The van der Waals surface area contributed by atoms with Crippen LogP contribution in [0.3, 0.4) is 0 Å². The topological polar surface area (TPSA) is 90.0 Å². The molecule has 0 aliphatic carbocycles. The number of rotatable bonds is 3. The quantitative estimate of drug-likeness (QED) is 0.474. The van der Waals surface area contributed by atoms with Crippen LogP contribution in [-0.2, 0) is 35.4 Å². The normalized spacial score (nSPS) is 23.2. The monoisotopic (exact) mass is 333 g/mol. The van der Waals surface area contributed by atoms with Gasteiger partial charge in [-0.3, -0.25) is 24.0 Å². The molecule has 0 radical (unpaired) electrons. The third-order valence-corrected chi connectivity index (χ3v) is 3.62. The average molecular weight is 333 g/mol. The van der Waals surface area contributed by atoms with Gasteiger partial charge in [0.15, 0.2) is 0 Å². The Morgan fingerprint density at radius 2 is 1.71 bits per heavy atom. The molecule has 2 amide bonds. The van der Waals surface area contributed by atoms with E-state index in [4.69, 9.17) is 4.84 Å². The van der Waals surface area contributed by atoms with E-state index in [0.29, 0.717) is 0 Å². The number of benzene rings is 1. The Morgan fingerprint density at radius 3 is 2.12 bits per heavy atom. The summed E-state index contributed by atoms with van der Waals surface area (Å²) >= 11 is 0. The molecular formula is C17H19NO6. The highest BCUT2D eigenvalue weighted by atomic mass is 16.7. The first-order chi connectivity index (χ1) is 11.4. The second-order valence-electron chi connectivity index (χ2n) is 5.79. The molecule has 0 N–H and O–H groups in total. The fraction of sp³-hybridized carbons (Fsp3) is 0.412. The Balaban J connectivity index is 0.000000219. The van der Waals surface area contributed by atoms with Crippen molar-refractivity contribution >= 4 is 23.8 Å². The molecule has 24 heavy (non-hydrogen) atoms. The number of ether oxygens (including phenoxy) is 1. The summed E-state index contributed by atoms with van der Waals surface area (Å²) in [5.41, 5.74) is 0.933. The summed E-state index contributed by atoms with van der Waals surface area (Å²) in [5, 5.41) is 0.887. The van der Waals surface area contributed by atoms with Gasteiger partial charge >= 0.3 is 11.9 Å². The molecule has 7 nitrogen and oxygen atoms in total. The fourth-order valence-corrected chi connectivity index (χ4v) is 2.19. The van der Waals surface area contributed by atoms with Crippen LogP contribution in [0.2, 0.25) is 0 Å². The molecule has 128 valence electrons. The van der Waals surface area contributed by atoms with Gasteiger partial charge in [-0.2, -0.15) is 5.06 Å². The van der Waals surface area contributed by atoms with E-state index in [1.54, 1.807) is 13.8 Å². The lowest BCUT2D eigenvalue weighted by Crippen LogP contribution is -2.30. The molecule has 2 unspecified atom stereocenters. The van der Waals surface area contributed by atoms with E-state index in [2.05, 4.69) is 4.74 Å². The smallest absolute Gasteiger partial charge is 0.316 e. The molecule has 2 fully saturated rings. The average Bonchev–Trinajstić information content (AvgIpc) is 2.97. The predicted molar refractivity (Wildman–Crippen MR) is 81.7 cm³/mol. The number of nitrogens with zero attached hydrogens (tertiary/aromatic N) is 1. The van der Waals surface area contributed by atoms with Gasteiger partial charge in [-0.25, -0.2) is 0 Å². The molecular weight excluding hydrogens is 314 g/mol. The van der Waals surface area contributed by atoms with Crippen LogP contribution < -0.4 is 0 Å². The number of cyclic esters (lactones) is 2. The summed E-state index contributed by atoms with van der Waals surface area (Å²) in [6, 6.07) is 9.44. The third kappa shape index (κ3) is 4.48. The van der Waals surface area contributed by atoms with Crippen molar-refractivity contribution in [3.8, 4) is 0 Å². The van der Waals surface area contributed by atoms with Gasteiger partial charge in [0, 0.05) is 12.3 Å². The van der Waals surface area contributed by atoms with Crippen LogP contribution in [0.1, 0.15) is 32.3 Å². The van der Waals surface area contributed by atoms with Gasteiger partial charge in [-0.15, -0.1) is 0 Å². The summed E-state index contributed by atoms with van der Waals surface area (Å²) in [4.78, 5) is 48.7. The maximum atomic E-state index is 11.5. The fourth-order valence-electron chi connectivity index (χ4n) is 2.19. The zero-order chi connectivity index (χ0) is 17.7. The van der Waals surface area contributed by atoms with Gasteiger partial charge in [0.2, 0.25) is 0 Å². The third-order valence-electron chi connectivity index (χ3n) is 3.62. The summed E-state index contributed by atoms with van der Waals surface area (Å²) in [6.45, 7) is 3.64. The first-order valence-corrected chi connectivity index (χ1v) is 7.66. The highest BCUT2D eigenvalue weighted by Gasteiger charge is 2.36. The van der Waals surface area contributed by atoms with Crippen molar-refractivity contribution in [3.63, 3.8) is 0 Å². The number of carbonyl (C=O) groups is 4. The highest BCUT2D eigenvalue weighted by molar-refractivity contribution is 6.02. The minimum Gasteiger partial charge on any atom is -0.393 e. The van der Waals surface area contributed by atoms with Crippen LogP contribution in [0, 0.1) is 11.8 Å². The van der Waals surface area contributed by atoms with Gasteiger partial charge in [0.25, 0.3) is 11.8 Å². The lowest BCUT2D eigenvalue weighted by Gasteiger charge is -2.13. The van der Waals surface area contributed by atoms with Crippen molar-refractivity contribution in [2.75, 3.05) is 0 Å². The van der Waals surface area contributed by atoms with Crippen LogP contribution >= 0.6 is 0 Å². The molecule has 2 atom stereocenters. The molecule has 2 aliphatic rings. The molecule has 2 aliphatic heterocycles. The number of amides is 2. The number of hydroxylamine groups is 2. The van der Waals surface area contributed by atoms with E-state index in [-0.39, 0.29) is 43.1 Å². The van der Waals surface area contributed by atoms with Crippen molar-refractivity contribution in [3.05, 3.63) is 35.9 Å². The van der Waals surface area contributed by atoms with Crippen molar-refractivity contribution < 1.29 is 28.8 Å². The summed E-state index contributed by atoms with van der Waals surface area (Å²) < 4.78 is 4.20. The number of esters is 2. The SMILES string of the molecule is CC1CC(=O)N(OCc2ccccc2)C1=O.CC1CC(=O)OC1=O. The van der Waals surface area contributed by atoms with Crippen molar-refractivity contribution in [2.24, 2.45) is 11.8 Å². The first-order valence-electron chi connectivity index (χ1n) is 7.66. The van der Waals surface area contributed by atoms with Crippen molar-refractivity contribution in [2.45, 2.75) is 33.3 Å². The predicted octanol–water partition coefficient (Wildman–Crippen LogP) is 1.61. The van der Waals surface area contributed by atoms with Crippen molar-refractivity contribution in [1.29, 1.82) is 0 Å². The molecule has 2 saturated heterocycles. The minimum atomic E-state index is -0.400. The van der Waals surface area contributed by atoms with E-state index < -0.39 is 11.9 Å². The van der Waals surface area contributed by atoms with Crippen LogP contribution in [0.15, 0.2) is 30.3 Å². The van der Waals surface area contributed by atoms with Crippen LogP contribution in [0.25, 0.3) is 0 Å². The molecule has 1 aromatic rings. The second-order valence-corrected chi connectivity index (χ2v) is 5.79. The van der Waals surface area contributed by atoms with Gasteiger partial charge in [0.05, 0.1) is 12.3 Å². The Bertz CT molecular complexity index is 642. The minimum absolute atomic E-state index is 0.220. The Kier molecular flexibility index (Phi) is 5.81. The molecule has 0 aromatic heterocycles. The second kappa shape index (κ2) is 7.83. The Hall–Kier alpha value is -2.54. The van der Waals surface area contributed by atoms with E-state index >= 15 is 0 Å². The largest absolute Gasteiger partial charge is 0.393 e. The maximum Gasteiger partial charge on any atom is 0.316 e. The van der Waals surface area contributed by atoms with Crippen LogP contribution in [-0.4, -0.2) is 28.8 Å². The lowest BCUT2D eigenvalue weighted by molar-refractivity contribution is -0.192. The van der Waals surface area contributed by atoms with Gasteiger partial charge in [0.1, 0.15) is 6.61 Å². The first kappa shape index (κ1) is 17.8. The van der Waals surface area contributed by atoms with E-state index in [0.717, 1.165) is 10.6 Å². The number of carbonyl (C=O) groups excluding carboxylic acids is 4. The molecule has 0 bridgehead atoms. The van der Waals surface area contributed by atoms with Gasteiger partial charge in [-0.1, -0.05) is 44.2 Å². The van der Waals surface area contributed by atoms with Crippen LogP contribution in [0.4, 0.5) is 0 Å². The zero-order valence-corrected chi connectivity index (χ0v) is 13.6. The molecule has 1 aromatic carbocycles. The molecule has 3 rings (SSSR count). The summed E-state index contributed by atoms with van der Waals surface area (Å²) in [7, 11) is 0. The molecule has 0 saturated carbocycles. The van der Waals surface area contributed by atoms with E-state index in [1.165, 1.54) is 0 Å². The van der Waals surface area contributed by atoms with Gasteiger partial charge < -0.3 is 4.74 Å². The Labute approximate surface area is 139 Å². The van der Waals surface area contributed by atoms with Gasteiger partial charge in [-0.05, 0) is 5.56 Å². The number of imide groups is 1. The Morgan fingerprint density at radius 1 is 1.04 bits per heavy atom. The number of hydrogen-bond donors (Lipinski definition) is 0. The zero-order valence-electron chi connectivity index (χ0n) is 13.6. The molecule has 0 spiro atoms. The molecule has 7 heteroatoms. The summed E-state index contributed by atoms with van der Waals surface area (Å²) in [6.07, 6.45) is 0.493. The van der Waals surface area contributed by atoms with Crippen LogP contribution in [0.5, 0.6) is 0 Å². The summed E-state index contributed by atoms with van der Waals surface area (Å²) in [5.74, 6) is -1.78. The van der Waals surface area contributed by atoms with E-state index in [9.17, 15) is 19.2 Å². The highest BCUT2D eigenvalue weighted by Crippen LogP contribution is 2.19. The van der Waals surface area contributed by atoms with E-state index in [1.807, 2.05) is 30.3 Å².